The molecule has 0 fully saturated rings. The van der Waals surface area contributed by atoms with E-state index in [1.165, 1.54) is 77.4 Å². The molecule has 0 unspecified atom stereocenters. The maximum atomic E-state index is 4.94. The molecule has 0 saturated heterocycles. The van der Waals surface area contributed by atoms with Gasteiger partial charge in [0, 0.05) is 40.7 Å². The summed E-state index contributed by atoms with van der Waals surface area (Å²) in [7, 11) is 0. The molecule has 51 heavy (non-hydrogen) atoms. The van der Waals surface area contributed by atoms with Gasteiger partial charge in [0.15, 0.2) is 0 Å². The van der Waals surface area contributed by atoms with Crippen molar-refractivity contribution in [1.29, 1.82) is 0 Å². The molecule has 4 nitrogen and oxygen atoms in total. The molecule has 1 aliphatic heterocycles. The summed E-state index contributed by atoms with van der Waals surface area (Å²) in [6.45, 7) is 16.5. The van der Waals surface area contributed by atoms with E-state index in [1.54, 1.807) is 0 Å². The van der Waals surface area contributed by atoms with Crippen LogP contribution in [0.25, 0.3) is 27.6 Å². The first-order chi connectivity index (χ1) is 24.6. The molecule has 0 aliphatic carbocycles. The highest BCUT2D eigenvalue weighted by atomic mass is 15.3. The molecule has 0 N–H and O–H groups in total. The summed E-state index contributed by atoms with van der Waals surface area (Å²) in [5.74, 6) is 0.948. The summed E-state index contributed by atoms with van der Waals surface area (Å²) in [6, 6.07) is 42.5. The monoisotopic (exact) mass is 664 g/mol. The number of aromatic nitrogens is 2. The van der Waals surface area contributed by atoms with E-state index >= 15 is 0 Å². The van der Waals surface area contributed by atoms with E-state index in [1.807, 2.05) is 6.20 Å². The number of benzene rings is 5. The summed E-state index contributed by atoms with van der Waals surface area (Å²) >= 11 is 0. The highest BCUT2D eigenvalue weighted by Crippen LogP contribution is 2.34. The van der Waals surface area contributed by atoms with Gasteiger partial charge in [-0.25, -0.2) is 4.98 Å². The van der Waals surface area contributed by atoms with Crippen molar-refractivity contribution in [2.24, 2.45) is 0 Å². The van der Waals surface area contributed by atoms with Crippen LogP contribution in [0.4, 0.5) is 11.4 Å². The SMILES string of the molecule is Cc1cc(N2C=CN(c3cccc(B(c4ccccc4)c4ccc5c6ccccc6n(-c6cc(C(C)(C)C)ccn6)c5c4)c3)C2)c(C)c(C)c1C. The van der Waals surface area contributed by atoms with Gasteiger partial charge in [0.05, 0.1) is 17.7 Å². The average Bonchev–Trinajstić information content (AvgIpc) is 3.76. The third-order valence-corrected chi connectivity index (χ3v) is 11.0. The van der Waals surface area contributed by atoms with Crippen LogP contribution in [0.5, 0.6) is 0 Å². The van der Waals surface area contributed by atoms with Crippen molar-refractivity contribution in [1.82, 2.24) is 9.55 Å². The number of nitrogens with zero attached hydrogens (tertiary/aromatic N) is 4. The van der Waals surface area contributed by atoms with E-state index in [4.69, 9.17) is 4.98 Å². The molecular weight excluding hydrogens is 619 g/mol. The van der Waals surface area contributed by atoms with Crippen molar-refractivity contribution < 1.29 is 0 Å². The Bertz CT molecular complexity index is 2450. The van der Waals surface area contributed by atoms with Crippen molar-refractivity contribution in [3.05, 3.63) is 162 Å². The zero-order valence-electron chi connectivity index (χ0n) is 30.8. The number of rotatable bonds is 6. The second-order valence-corrected chi connectivity index (χ2v) is 15.2. The van der Waals surface area contributed by atoms with Crippen molar-refractivity contribution in [3.63, 3.8) is 0 Å². The topological polar surface area (TPSA) is 24.3 Å². The lowest BCUT2D eigenvalue weighted by Crippen LogP contribution is -2.52. The first-order valence-corrected chi connectivity index (χ1v) is 18.0. The van der Waals surface area contributed by atoms with Gasteiger partial charge in [-0.2, -0.15) is 0 Å². The second-order valence-electron chi connectivity index (χ2n) is 15.2. The van der Waals surface area contributed by atoms with E-state index in [0.29, 0.717) is 0 Å². The van der Waals surface area contributed by atoms with E-state index in [0.717, 1.165) is 12.5 Å². The van der Waals surface area contributed by atoms with Gasteiger partial charge in [0.25, 0.3) is 0 Å². The van der Waals surface area contributed by atoms with Crippen LogP contribution < -0.4 is 26.2 Å². The number of hydrogen-bond donors (Lipinski definition) is 0. The Morgan fingerprint density at radius 1 is 0.588 bits per heavy atom. The van der Waals surface area contributed by atoms with Crippen LogP contribution in [0.15, 0.2) is 134 Å². The average molecular weight is 665 g/mol. The summed E-state index contributed by atoms with van der Waals surface area (Å²) in [5, 5.41) is 2.47. The molecule has 0 atom stereocenters. The first-order valence-electron chi connectivity index (χ1n) is 18.0. The van der Waals surface area contributed by atoms with Crippen molar-refractivity contribution in [3.8, 4) is 5.82 Å². The number of aryl methyl sites for hydroxylation is 1. The minimum atomic E-state index is 0.0173. The lowest BCUT2D eigenvalue weighted by atomic mass is 9.37. The molecule has 0 amide bonds. The fourth-order valence-electron chi connectivity index (χ4n) is 7.76. The Morgan fingerprint density at radius 2 is 1.29 bits per heavy atom. The van der Waals surface area contributed by atoms with Gasteiger partial charge in [0.1, 0.15) is 5.82 Å². The largest absolute Gasteiger partial charge is 0.328 e. The van der Waals surface area contributed by atoms with Crippen LogP contribution in [0, 0.1) is 27.7 Å². The molecular formula is C46H45BN4. The van der Waals surface area contributed by atoms with Crippen LogP contribution in [0.2, 0.25) is 0 Å². The van der Waals surface area contributed by atoms with Gasteiger partial charge in [-0.05, 0) is 103 Å². The van der Waals surface area contributed by atoms with E-state index < -0.39 is 0 Å². The van der Waals surface area contributed by atoms with Crippen molar-refractivity contribution >= 4 is 56.3 Å². The summed E-state index contributed by atoms with van der Waals surface area (Å²) < 4.78 is 2.35. The number of pyridine rings is 1. The summed E-state index contributed by atoms with van der Waals surface area (Å²) in [6.07, 6.45) is 6.38. The molecule has 8 rings (SSSR count). The fourth-order valence-corrected chi connectivity index (χ4v) is 7.76. The van der Waals surface area contributed by atoms with Crippen LogP contribution in [-0.2, 0) is 5.41 Å². The molecule has 0 spiro atoms. The zero-order valence-corrected chi connectivity index (χ0v) is 30.8. The molecule has 252 valence electrons. The lowest BCUT2D eigenvalue weighted by molar-refractivity contribution is 0.588. The molecule has 5 heteroatoms. The second kappa shape index (κ2) is 12.7. The fraction of sp³-hybridized carbons (Fsp3) is 0.196. The van der Waals surface area contributed by atoms with Crippen molar-refractivity contribution in [2.75, 3.05) is 16.5 Å². The Kier molecular flexibility index (Phi) is 8.10. The molecule has 0 bridgehead atoms. The highest BCUT2D eigenvalue weighted by molar-refractivity contribution is 6.95. The third-order valence-electron chi connectivity index (χ3n) is 11.0. The van der Waals surface area contributed by atoms with Gasteiger partial charge >= 0.3 is 0 Å². The van der Waals surface area contributed by atoms with Crippen LogP contribution >= 0.6 is 0 Å². The lowest BCUT2D eigenvalue weighted by Gasteiger charge is -2.25. The number of hydrogen-bond acceptors (Lipinski definition) is 3. The maximum Gasteiger partial charge on any atom is 0.241 e. The van der Waals surface area contributed by atoms with Gasteiger partial charge in [0.2, 0.25) is 6.71 Å². The highest BCUT2D eigenvalue weighted by Gasteiger charge is 2.26. The van der Waals surface area contributed by atoms with Crippen LogP contribution in [-0.4, -0.2) is 22.9 Å². The number of para-hydroxylation sites is 1. The van der Waals surface area contributed by atoms with Crippen LogP contribution in [0.1, 0.15) is 48.6 Å². The predicted octanol–water partition coefficient (Wildman–Crippen LogP) is 8.98. The third kappa shape index (κ3) is 5.81. The van der Waals surface area contributed by atoms with Gasteiger partial charge in [-0.1, -0.05) is 110 Å². The predicted molar refractivity (Wildman–Crippen MR) is 219 cm³/mol. The quantitative estimate of drug-likeness (QED) is 0.166. The Balaban J connectivity index is 1.23. The smallest absolute Gasteiger partial charge is 0.241 e. The molecule has 2 aromatic heterocycles. The van der Waals surface area contributed by atoms with Gasteiger partial charge in [-0.15, -0.1) is 0 Å². The minimum Gasteiger partial charge on any atom is -0.328 e. The molecule has 3 heterocycles. The normalized spacial score (nSPS) is 13.2. The number of anilines is 2. The molecule has 1 aliphatic rings. The Labute approximate surface area is 302 Å². The molecule has 0 radical (unpaired) electrons. The maximum absolute atomic E-state index is 4.94. The van der Waals surface area contributed by atoms with E-state index in [2.05, 4.69) is 190 Å². The number of fused-ring (bicyclic) bond motifs is 3. The molecule has 5 aromatic carbocycles. The molecule has 0 saturated carbocycles. The Hall–Kier alpha value is -5.55. The van der Waals surface area contributed by atoms with Crippen LogP contribution in [0.3, 0.4) is 0 Å². The summed E-state index contributed by atoms with van der Waals surface area (Å²) in [4.78, 5) is 9.65. The standard InChI is InChI=1S/C46H45BN4/c1-31-26-43(34(4)33(3)32(31)2)50-25-24-49(30-50)39-17-13-16-37(28-39)47(36-14-9-8-10-15-36)38-20-21-41-40-18-11-12-19-42(40)51(44(41)29-38)45-27-35(22-23-48-45)46(5,6)7/h8-29H,30H2,1-7H3. The van der Waals surface area contributed by atoms with E-state index in [9.17, 15) is 0 Å². The molecule has 7 aromatic rings. The van der Waals surface area contributed by atoms with E-state index in [-0.39, 0.29) is 12.1 Å². The van der Waals surface area contributed by atoms with Gasteiger partial charge < -0.3 is 9.80 Å². The van der Waals surface area contributed by atoms with Gasteiger partial charge in [-0.3, -0.25) is 4.57 Å². The zero-order chi connectivity index (χ0) is 35.4. The minimum absolute atomic E-state index is 0.0173. The summed E-state index contributed by atoms with van der Waals surface area (Å²) in [5.41, 5.74) is 15.3. The first kappa shape index (κ1) is 32.6. The Morgan fingerprint density at radius 3 is 2.10 bits per heavy atom. The van der Waals surface area contributed by atoms with Crippen molar-refractivity contribution in [2.45, 2.75) is 53.9 Å².